The Hall–Kier alpha value is -2.96. The highest BCUT2D eigenvalue weighted by Gasteiger charge is 2.25. The number of aromatic nitrogens is 1. The molecule has 0 unspecified atom stereocenters. The molecule has 1 aliphatic heterocycles. The number of nitrogens with zero attached hydrogens (tertiary/aromatic N) is 3. The molecule has 2 aromatic rings. The van der Waals surface area contributed by atoms with Gasteiger partial charge in [-0.2, -0.15) is 5.10 Å². The Morgan fingerprint density at radius 3 is 2.67 bits per heavy atom. The zero-order chi connectivity index (χ0) is 20.8. The number of halogens is 1. The molecule has 0 radical (unpaired) electrons. The van der Waals surface area contributed by atoms with Gasteiger partial charge in [0.15, 0.2) is 0 Å². The Morgan fingerprint density at radius 2 is 1.93 bits per heavy atom. The molecular formula is C23H23ClN4O2. The number of carbonyl (C=O) groups is 1. The highest BCUT2D eigenvalue weighted by atomic mass is 35.5. The van der Waals surface area contributed by atoms with Crippen molar-refractivity contribution in [3.63, 3.8) is 0 Å². The van der Waals surface area contributed by atoms with Crippen molar-refractivity contribution >= 4 is 29.8 Å². The molecule has 1 aliphatic carbocycles. The number of hydrogen-bond donors (Lipinski definition) is 1. The molecule has 6 nitrogen and oxygen atoms in total. The van der Waals surface area contributed by atoms with E-state index in [9.17, 15) is 4.79 Å². The maximum atomic E-state index is 12.2. The molecule has 154 valence electrons. The Kier molecular flexibility index (Phi) is 6.57. The number of allylic oxidation sites excluding steroid dienone is 2. The molecule has 1 aromatic heterocycles. The molecule has 1 N–H and O–H groups in total. The van der Waals surface area contributed by atoms with E-state index in [1.807, 2.05) is 24.3 Å². The van der Waals surface area contributed by atoms with Crippen LogP contribution < -0.4 is 5.43 Å². The molecular weight excluding hydrogens is 400 g/mol. The van der Waals surface area contributed by atoms with Crippen molar-refractivity contribution in [1.82, 2.24) is 15.3 Å². The normalized spacial score (nSPS) is 18.4. The molecule has 0 saturated carbocycles. The summed E-state index contributed by atoms with van der Waals surface area (Å²) in [6.45, 7) is 3.09. The highest BCUT2D eigenvalue weighted by molar-refractivity contribution is 6.30. The van der Waals surface area contributed by atoms with Crippen molar-refractivity contribution in [3.8, 4) is 0 Å². The number of hydrazone groups is 1. The van der Waals surface area contributed by atoms with Gasteiger partial charge in [0.2, 0.25) is 0 Å². The van der Waals surface area contributed by atoms with Crippen LogP contribution in [0.5, 0.6) is 0 Å². The lowest BCUT2D eigenvalue weighted by Crippen LogP contribution is -2.36. The number of rotatable bonds is 5. The predicted octanol–water partition coefficient (Wildman–Crippen LogP) is 3.91. The first kappa shape index (κ1) is 20.3. The fourth-order valence-corrected chi connectivity index (χ4v) is 3.78. The Balaban J connectivity index is 1.57. The van der Waals surface area contributed by atoms with Crippen LogP contribution in [0.25, 0.3) is 6.08 Å². The zero-order valence-corrected chi connectivity index (χ0v) is 17.3. The summed E-state index contributed by atoms with van der Waals surface area (Å²) in [4.78, 5) is 18.6. The van der Waals surface area contributed by atoms with Crippen LogP contribution in [0.2, 0.25) is 5.02 Å². The average Bonchev–Trinajstić information content (AvgIpc) is 3.18. The first-order chi connectivity index (χ1) is 14.7. The van der Waals surface area contributed by atoms with Crippen LogP contribution in [0, 0.1) is 0 Å². The summed E-state index contributed by atoms with van der Waals surface area (Å²) < 4.78 is 5.53. The quantitative estimate of drug-likeness (QED) is 0.586. The van der Waals surface area contributed by atoms with Gasteiger partial charge in [0, 0.05) is 30.0 Å². The van der Waals surface area contributed by atoms with E-state index in [1.54, 1.807) is 30.6 Å². The summed E-state index contributed by atoms with van der Waals surface area (Å²) in [6.07, 6.45) is 7.34. The van der Waals surface area contributed by atoms with Gasteiger partial charge in [0.05, 0.1) is 19.4 Å². The molecule has 1 saturated heterocycles. The number of amides is 1. The maximum absolute atomic E-state index is 12.2. The molecule has 1 aromatic carbocycles. The molecule has 2 aliphatic rings. The van der Waals surface area contributed by atoms with E-state index in [0.717, 1.165) is 42.1 Å². The summed E-state index contributed by atoms with van der Waals surface area (Å²) in [6, 6.07) is 13.0. The number of hydrogen-bond acceptors (Lipinski definition) is 5. The van der Waals surface area contributed by atoms with Gasteiger partial charge in [0.1, 0.15) is 5.69 Å². The molecule has 0 atom stereocenters. The van der Waals surface area contributed by atoms with Gasteiger partial charge in [-0.3, -0.25) is 9.78 Å². The molecule has 1 amide bonds. The van der Waals surface area contributed by atoms with Gasteiger partial charge in [0.25, 0.3) is 5.91 Å². The Morgan fingerprint density at radius 1 is 1.13 bits per heavy atom. The van der Waals surface area contributed by atoms with E-state index in [-0.39, 0.29) is 5.91 Å². The average molecular weight is 423 g/mol. The van der Waals surface area contributed by atoms with Crippen LogP contribution in [0.4, 0.5) is 0 Å². The van der Waals surface area contributed by atoms with E-state index < -0.39 is 0 Å². The lowest BCUT2D eigenvalue weighted by Gasteiger charge is -2.31. The molecule has 30 heavy (non-hydrogen) atoms. The third-order valence-corrected chi connectivity index (χ3v) is 5.35. The highest BCUT2D eigenvalue weighted by Crippen LogP contribution is 2.35. The van der Waals surface area contributed by atoms with Crippen molar-refractivity contribution in [2.24, 2.45) is 5.10 Å². The van der Waals surface area contributed by atoms with E-state index in [1.165, 1.54) is 11.3 Å². The Bertz CT molecular complexity index is 978. The lowest BCUT2D eigenvalue weighted by atomic mass is 10.1. The second-order valence-corrected chi connectivity index (χ2v) is 7.54. The minimum atomic E-state index is -0.324. The monoisotopic (exact) mass is 422 g/mol. The van der Waals surface area contributed by atoms with Crippen molar-refractivity contribution in [2.75, 3.05) is 26.3 Å². The molecule has 1 fully saturated rings. The first-order valence-electron chi connectivity index (χ1n) is 9.97. The predicted molar refractivity (Wildman–Crippen MR) is 118 cm³/mol. The van der Waals surface area contributed by atoms with Crippen molar-refractivity contribution in [1.29, 1.82) is 0 Å². The van der Waals surface area contributed by atoms with Gasteiger partial charge in [-0.15, -0.1) is 0 Å². The number of carbonyl (C=O) groups excluding carboxylic acids is 1. The van der Waals surface area contributed by atoms with Gasteiger partial charge >= 0.3 is 0 Å². The van der Waals surface area contributed by atoms with Crippen LogP contribution in [0.3, 0.4) is 0 Å². The number of nitrogens with one attached hydrogen (secondary N) is 1. The fraction of sp³-hybridized carbons (Fsp3) is 0.261. The summed E-state index contributed by atoms with van der Waals surface area (Å²) in [5.41, 5.74) is 7.58. The standard InChI is InChI=1S/C23H23ClN4O2/c24-20-8-4-17(5-9-20)15-18-6-7-19(22(18)28-11-13-30-14-12-28)16-26-27-23(29)21-3-1-2-10-25-21/h1-5,8-10,15-16H,6-7,11-14H2,(H,27,29)/b18-15+,26-16-. The number of morpholine rings is 1. The van der Waals surface area contributed by atoms with Crippen LogP contribution >= 0.6 is 11.6 Å². The smallest absolute Gasteiger partial charge is 0.289 e. The van der Waals surface area contributed by atoms with Crippen LogP contribution in [0.1, 0.15) is 28.9 Å². The SMILES string of the molecule is O=C(N/N=C\C1=C(N2CCOCC2)C(=C/c2ccc(Cl)cc2)/CC1)c1ccccn1. The van der Waals surface area contributed by atoms with Crippen molar-refractivity contribution in [3.05, 3.63) is 81.8 Å². The van der Waals surface area contributed by atoms with Gasteiger partial charge in [-0.25, -0.2) is 5.43 Å². The van der Waals surface area contributed by atoms with Crippen molar-refractivity contribution < 1.29 is 9.53 Å². The molecule has 0 bridgehead atoms. The van der Waals surface area contributed by atoms with Gasteiger partial charge in [-0.1, -0.05) is 29.8 Å². The minimum absolute atomic E-state index is 0.324. The third-order valence-electron chi connectivity index (χ3n) is 5.09. The summed E-state index contributed by atoms with van der Waals surface area (Å²) in [5.74, 6) is -0.324. The Labute approximate surface area is 180 Å². The van der Waals surface area contributed by atoms with E-state index in [2.05, 4.69) is 26.5 Å². The zero-order valence-electron chi connectivity index (χ0n) is 16.6. The maximum Gasteiger partial charge on any atom is 0.289 e. The summed E-state index contributed by atoms with van der Waals surface area (Å²) in [7, 11) is 0. The van der Waals surface area contributed by atoms with Crippen LogP contribution in [0.15, 0.2) is 70.6 Å². The lowest BCUT2D eigenvalue weighted by molar-refractivity contribution is 0.0548. The number of pyridine rings is 1. The first-order valence-corrected chi connectivity index (χ1v) is 10.4. The molecule has 0 spiro atoms. The largest absolute Gasteiger partial charge is 0.378 e. The topological polar surface area (TPSA) is 66.8 Å². The van der Waals surface area contributed by atoms with E-state index >= 15 is 0 Å². The molecule has 2 heterocycles. The van der Waals surface area contributed by atoms with E-state index in [0.29, 0.717) is 18.9 Å². The number of benzene rings is 1. The summed E-state index contributed by atoms with van der Waals surface area (Å²) >= 11 is 6.02. The van der Waals surface area contributed by atoms with Crippen molar-refractivity contribution in [2.45, 2.75) is 12.8 Å². The van der Waals surface area contributed by atoms with Gasteiger partial charge < -0.3 is 9.64 Å². The second kappa shape index (κ2) is 9.69. The fourth-order valence-electron chi connectivity index (χ4n) is 3.66. The number of ether oxygens (including phenoxy) is 1. The third kappa shape index (κ3) is 4.96. The van der Waals surface area contributed by atoms with E-state index in [4.69, 9.17) is 16.3 Å². The molecule has 7 heteroatoms. The molecule has 4 rings (SSSR count). The van der Waals surface area contributed by atoms with Gasteiger partial charge in [-0.05, 0) is 59.9 Å². The van der Waals surface area contributed by atoms with Crippen LogP contribution in [-0.4, -0.2) is 48.3 Å². The summed E-state index contributed by atoms with van der Waals surface area (Å²) in [5, 5.41) is 4.93. The van der Waals surface area contributed by atoms with Crippen LogP contribution in [-0.2, 0) is 4.74 Å². The minimum Gasteiger partial charge on any atom is -0.378 e. The second-order valence-electron chi connectivity index (χ2n) is 7.11.